The number of aliphatic carboxylic acids is 1. The van der Waals surface area contributed by atoms with Crippen LogP contribution in [0.25, 0.3) is 0 Å². The summed E-state index contributed by atoms with van der Waals surface area (Å²) in [6.07, 6.45) is 2.30. The van der Waals surface area contributed by atoms with Crippen molar-refractivity contribution in [2.24, 2.45) is 17.8 Å². The van der Waals surface area contributed by atoms with Gasteiger partial charge in [-0.25, -0.2) is 0 Å². The van der Waals surface area contributed by atoms with Crippen molar-refractivity contribution in [1.29, 1.82) is 0 Å². The second-order valence-electron chi connectivity index (χ2n) is 5.32. The molecule has 2 unspecified atom stereocenters. The highest BCUT2D eigenvalue weighted by atomic mass is 16.5. The van der Waals surface area contributed by atoms with Crippen LogP contribution in [0.3, 0.4) is 0 Å². The van der Waals surface area contributed by atoms with E-state index in [0.717, 1.165) is 19.4 Å². The maximum absolute atomic E-state index is 11.8. The van der Waals surface area contributed by atoms with Crippen molar-refractivity contribution in [3.63, 3.8) is 0 Å². The van der Waals surface area contributed by atoms with Crippen LogP contribution >= 0.6 is 0 Å². The fraction of sp³-hybridized carbons (Fsp3) is 0.846. The molecule has 1 aliphatic heterocycles. The second kappa shape index (κ2) is 7.36. The van der Waals surface area contributed by atoms with Crippen LogP contribution in [0.1, 0.15) is 33.1 Å². The molecular formula is C13H23NO4. The third kappa shape index (κ3) is 5.04. The van der Waals surface area contributed by atoms with Crippen LogP contribution in [0, 0.1) is 17.8 Å². The van der Waals surface area contributed by atoms with Gasteiger partial charge in [-0.05, 0) is 25.2 Å². The van der Waals surface area contributed by atoms with Crippen molar-refractivity contribution in [3.8, 4) is 0 Å². The zero-order chi connectivity index (χ0) is 13.5. The average Bonchev–Trinajstić information content (AvgIpc) is 2.34. The van der Waals surface area contributed by atoms with Crippen LogP contribution in [-0.4, -0.2) is 36.7 Å². The minimum absolute atomic E-state index is 0.0790. The maximum Gasteiger partial charge on any atom is 0.308 e. The molecule has 5 nitrogen and oxygen atoms in total. The Morgan fingerprint density at radius 2 is 2.17 bits per heavy atom. The first-order valence-corrected chi connectivity index (χ1v) is 6.59. The monoisotopic (exact) mass is 257 g/mol. The highest BCUT2D eigenvalue weighted by Crippen LogP contribution is 2.15. The van der Waals surface area contributed by atoms with Crippen LogP contribution in [0.5, 0.6) is 0 Å². The number of carboxylic acid groups (broad SMARTS) is 1. The summed E-state index contributed by atoms with van der Waals surface area (Å²) >= 11 is 0. The second-order valence-corrected chi connectivity index (χ2v) is 5.32. The molecule has 1 rings (SSSR count). The van der Waals surface area contributed by atoms with Gasteiger partial charge in [0, 0.05) is 13.2 Å². The molecule has 0 saturated carbocycles. The molecule has 0 bridgehead atoms. The van der Waals surface area contributed by atoms with Gasteiger partial charge in [0.05, 0.1) is 18.4 Å². The molecular weight excluding hydrogens is 234 g/mol. The van der Waals surface area contributed by atoms with Gasteiger partial charge in [0.1, 0.15) is 0 Å². The molecule has 2 N–H and O–H groups in total. The van der Waals surface area contributed by atoms with E-state index in [0.29, 0.717) is 18.9 Å². The lowest BCUT2D eigenvalue weighted by atomic mass is 9.96. The molecule has 1 fully saturated rings. The third-order valence-electron chi connectivity index (χ3n) is 3.16. The molecule has 2 atom stereocenters. The van der Waals surface area contributed by atoms with Gasteiger partial charge in [0.25, 0.3) is 0 Å². The Labute approximate surface area is 108 Å². The fourth-order valence-corrected chi connectivity index (χ4v) is 2.16. The van der Waals surface area contributed by atoms with Gasteiger partial charge in [-0.1, -0.05) is 13.8 Å². The van der Waals surface area contributed by atoms with Crippen molar-refractivity contribution in [2.75, 3.05) is 19.8 Å². The highest BCUT2D eigenvalue weighted by molar-refractivity contribution is 5.79. The van der Waals surface area contributed by atoms with E-state index in [-0.39, 0.29) is 18.4 Å². The Kier molecular flexibility index (Phi) is 6.12. The molecule has 1 saturated heterocycles. The lowest BCUT2D eigenvalue weighted by Crippen LogP contribution is -2.39. The predicted octanol–water partition coefficient (Wildman–Crippen LogP) is 1.28. The lowest BCUT2D eigenvalue weighted by Gasteiger charge is -2.22. The third-order valence-corrected chi connectivity index (χ3v) is 3.16. The van der Waals surface area contributed by atoms with Gasteiger partial charge in [-0.2, -0.15) is 0 Å². The topological polar surface area (TPSA) is 75.6 Å². The average molecular weight is 257 g/mol. The zero-order valence-electron chi connectivity index (χ0n) is 11.1. The summed E-state index contributed by atoms with van der Waals surface area (Å²) in [6, 6.07) is 0. The lowest BCUT2D eigenvalue weighted by molar-refractivity contribution is -0.142. The zero-order valence-corrected chi connectivity index (χ0v) is 11.1. The van der Waals surface area contributed by atoms with E-state index in [1.807, 2.05) is 13.8 Å². The quantitative estimate of drug-likeness (QED) is 0.751. The Balaban J connectivity index is 2.36. The molecule has 0 aromatic carbocycles. The first-order valence-electron chi connectivity index (χ1n) is 6.59. The summed E-state index contributed by atoms with van der Waals surface area (Å²) in [7, 11) is 0. The van der Waals surface area contributed by atoms with E-state index >= 15 is 0 Å². The number of rotatable bonds is 6. The van der Waals surface area contributed by atoms with Crippen LogP contribution in [0.4, 0.5) is 0 Å². The number of carboxylic acids is 1. The SMILES string of the molecule is CC(C)CC(CNC(=O)C1CCCOC1)C(=O)O. The highest BCUT2D eigenvalue weighted by Gasteiger charge is 2.24. The molecule has 1 aliphatic rings. The van der Waals surface area contributed by atoms with Gasteiger partial charge >= 0.3 is 5.97 Å². The van der Waals surface area contributed by atoms with Gasteiger partial charge in [0.2, 0.25) is 5.91 Å². The van der Waals surface area contributed by atoms with E-state index in [2.05, 4.69) is 5.32 Å². The van der Waals surface area contributed by atoms with Crippen molar-refractivity contribution in [3.05, 3.63) is 0 Å². The Morgan fingerprint density at radius 3 is 2.67 bits per heavy atom. The van der Waals surface area contributed by atoms with Crippen molar-refractivity contribution in [2.45, 2.75) is 33.1 Å². The number of ether oxygens (including phenoxy) is 1. The van der Waals surface area contributed by atoms with Crippen molar-refractivity contribution >= 4 is 11.9 Å². The fourth-order valence-electron chi connectivity index (χ4n) is 2.16. The first-order chi connectivity index (χ1) is 8.50. The van der Waals surface area contributed by atoms with Crippen LogP contribution in [0.2, 0.25) is 0 Å². The predicted molar refractivity (Wildman–Crippen MR) is 67.1 cm³/mol. The molecule has 5 heteroatoms. The molecule has 0 aromatic rings. The smallest absolute Gasteiger partial charge is 0.308 e. The summed E-state index contributed by atoms with van der Waals surface area (Å²) in [4.78, 5) is 22.9. The van der Waals surface area contributed by atoms with E-state index in [1.165, 1.54) is 0 Å². The summed E-state index contributed by atoms with van der Waals surface area (Å²) in [5.74, 6) is -1.24. The van der Waals surface area contributed by atoms with Gasteiger partial charge in [-0.3, -0.25) is 9.59 Å². The van der Waals surface area contributed by atoms with Gasteiger partial charge in [0.15, 0.2) is 0 Å². The Bertz CT molecular complexity index is 285. The minimum atomic E-state index is -0.844. The van der Waals surface area contributed by atoms with Crippen LogP contribution in [-0.2, 0) is 14.3 Å². The molecule has 1 heterocycles. The van der Waals surface area contributed by atoms with E-state index in [1.54, 1.807) is 0 Å². The molecule has 0 radical (unpaired) electrons. The minimum Gasteiger partial charge on any atom is -0.481 e. The molecule has 18 heavy (non-hydrogen) atoms. The molecule has 0 aliphatic carbocycles. The van der Waals surface area contributed by atoms with Crippen molar-refractivity contribution < 1.29 is 19.4 Å². The largest absolute Gasteiger partial charge is 0.481 e. The standard InChI is InChI=1S/C13H23NO4/c1-9(2)6-11(13(16)17)7-14-12(15)10-4-3-5-18-8-10/h9-11H,3-8H2,1-2H3,(H,14,15)(H,16,17). The number of carbonyl (C=O) groups is 2. The van der Waals surface area contributed by atoms with Gasteiger partial charge in [-0.15, -0.1) is 0 Å². The number of nitrogens with one attached hydrogen (secondary N) is 1. The summed E-state index contributed by atoms with van der Waals surface area (Å²) in [6.45, 7) is 5.34. The maximum atomic E-state index is 11.8. The molecule has 1 amide bonds. The normalized spacial score (nSPS) is 21.6. The Hall–Kier alpha value is -1.10. The van der Waals surface area contributed by atoms with E-state index < -0.39 is 11.9 Å². The van der Waals surface area contributed by atoms with E-state index in [4.69, 9.17) is 9.84 Å². The van der Waals surface area contributed by atoms with E-state index in [9.17, 15) is 9.59 Å². The van der Waals surface area contributed by atoms with Gasteiger partial charge < -0.3 is 15.2 Å². The van der Waals surface area contributed by atoms with Crippen LogP contribution < -0.4 is 5.32 Å². The Morgan fingerprint density at radius 1 is 1.44 bits per heavy atom. The van der Waals surface area contributed by atoms with Crippen molar-refractivity contribution in [1.82, 2.24) is 5.32 Å². The van der Waals surface area contributed by atoms with Crippen LogP contribution in [0.15, 0.2) is 0 Å². The number of carbonyl (C=O) groups excluding carboxylic acids is 1. The summed E-state index contributed by atoms with van der Waals surface area (Å²) < 4.78 is 5.24. The number of hydrogen-bond donors (Lipinski definition) is 2. The first kappa shape index (κ1) is 15.0. The molecule has 104 valence electrons. The number of amides is 1. The number of hydrogen-bond acceptors (Lipinski definition) is 3. The summed E-state index contributed by atoms with van der Waals surface area (Å²) in [5, 5.41) is 11.8. The summed E-state index contributed by atoms with van der Waals surface area (Å²) in [5.41, 5.74) is 0. The molecule has 0 aromatic heterocycles. The molecule has 0 spiro atoms.